The van der Waals surface area contributed by atoms with Crippen LogP contribution in [0.2, 0.25) is 0 Å². The molecule has 164 valence electrons. The van der Waals surface area contributed by atoms with Gasteiger partial charge >= 0.3 is 5.97 Å². The summed E-state index contributed by atoms with van der Waals surface area (Å²) in [5, 5.41) is 0. The van der Waals surface area contributed by atoms with Gasteiger partial charge in [-0.05, 0) is 55.5 Å². The number of likely N-dealkylation sites (tertiary alicyclic amines) is 1. The van der Waals surface area contributed by atoms with Gasteiger partial charge in [-0.1, -0.05) is 55.0 Å². The van der Waals surface area contributed by atoms with Gasteiger partial charge in [0.2, 0.25) is 0 Å². The lowest BCUT2D eigenvalue weighted by molar-refractivity contribution is -0.134. The van der Waals surface area contributed by atoms with Crippen LogP contribution < -0.4 is 4.74 Å². The number of methoxy groups -OCH3 is 2. The molecule has 2 aromatic carbocycles. The van der Waals surface area contributed by atoms with Crippen molar-refractivity contribution in [2.24, 2.45) is 5.92 Å². The number of carbonyl (C=O) groups excluding carboxylic acids is 1. The van der Waals surface area contributed by atoms with Gasteiger partial charge in [-0.25, -0.2) is 4.79 Å². The molecular weight excluding hydrogens is 386 g/mol. The second kappa shape index (κ2) is 9.69. The van der Waals surface area contributed by atoms with Crippen molar-refractivity contribution in [1.82, 2.24) is 4.90 Å². The Hall–Kier alpha value is -2.59. The van der Waals surface area contributed by atoms with Crippen LogP contribution in [0, 0.1) is 5.92 Å². The molecule has 1 heterocycles. The molecule has 0 spiro atoms. The SMILES string of the molecule is COC(=O)/C=C/[C@H]1[C@@H]2CCC[C@@]1(c1cccc(OC)c1)CCN2CCc1ccccc1. The summed E-state index contributed by atoms with van der Waals surface area (Å²) < 4.78 is 10.4. The molecule has 3 atom stereocenters. The van der Waals surface area contributed by atoms with Gasteiger partial charge in [0, 0.05) is 30.0 Å². The minimum absolute atomic E-state index is 0.0330. The maximum Gasteiger partial charge on any atom is 0.330 e. The van der Waals surface area contributed by atoms with Crippen molar-refractivity contribution in [3.63, 3.8) is 0 Å². The molecule has 4 heteroatoms. The molecule has 1 aliphatic heterocycles. The molecule has 31 heavy (non-hydrogen) atoms. The third kappa shape index (κ3) is 4.54. The van der Waals surface area contributed by atoms with E-state index < -0.39 is 0 Å². The molecule has 2 aliphatic rings. The molecule has 2 aromatic rings. The Morgan fingerprint density at radius 2 is 1.97 bits per heavy atom. The number of hydrogen-bond donors (Lipinski definition) is 0. The molecule has 2 bridgehead atoms. The van der Waals surface area contributed by atoms with Gasteiger partial charge in [-0.15, -0.1) is 0 Å². The molecule has 1 saturated heterocycles. The predicted molar refractivity (Wildman–Crippen MR) is 123 cm³/mol. The summed E-state index contributed by atoms with van der Waals surface area (Å²) in [6.45, 7) is 2.13. The monoisotopic (exact) mass is 419 g/mol. The van der Waals surface area contributed by atoms with Crippen molar-refractivity contribution in [2.45, 2.75) is 43.6 Å². The minimum atomic E-state index is -0.278. The number of carbonyl (C=O) groups is 1. The van der Waals surface area contributed by atoms with Crippen LogP contribution in [0.1, 0.15) is 36.8 Å². The van der Waals surface area contributed by atoms with Gasteiger partial charge in [-0.2, -0.15) is 0 Å². The van der Waals surface area contributed by atoms with Crippen LogP contribution in [0.15, 0.2) is 66.7 Å². The number of fused-ring (bicyclic) bond motifs is 2. The van der Waals surface area contributed by atoms with E-state index in [4.69, 9.17) is 9.47 Å². The maximum absolute atomic E-state index is 12.0. The molecule has 0 unspecified atom stereocenters. The first-order valence-electron chi connectivity index (χ1n) is 11.3. The van der Waals surface area contributed by atoms with Crippen LogP contribution in [0.5, 0.6) is 5.75 Å². The van der Waals surface area contributed by atoms with Crippen LogP contribution in [0.4, 0.5) is 0 Å². The predicted octanol–water partition coefficient (Wildman–Crippen LogP) is 4.78. The van der Waals surface area contributed by atoms with E-state index in [1.165, 1.54) is 24.7 Å². The normalized spacial score (nSPS) is 26.0. The van der Waals surface area contributed by atoms with E-state index in [0.717, 1.165) is 44.5 Å². The summed E-state index contributed by atoms with van der Waals surface area (Å²) in [7, 11) is 3.17. The van der Waals surface area contributed by atoms with Gasteiger partial charge in [0.05, 0.1) is 14.2 Å². The molecule has 4 rings (SSSR count). The van der Waals surface area contributed by atoms with E-state index in [-0.39, 0.29) is 17.3 Å². The number of piperidine rings is 1. The highest BCUT2D eigenvalue weighted by Crippen LogP contribution is 2.52. The minimum Gasteiger partial charge on any atom is -0.497 e. The summed E-state index contributed by atoms with van der Waals surface area (Å²) in [4.78, 5) is 14.6. The van der Waals surface area contributed by atoms with Crippen LogP contribution in [0.3, 0.4) is 0 Å². The average Bonchev–Trinajstić information content (AvgIpc) is 2.82. The highest BCUT2D eigenvalue weighted by atomic mass is 16.5. The second-order valence-corrected chi connectivity index (χ2v) is 8.78. The fraction of sp³-hybridized carbons (Fsp3) is 0.444. The maximum atomic E-state index is 12.0. The third-order valence-electron chi connectivity index (χ3n) is 7.31. The molecule has 0 aromatic heterocycles. The zero-order valence-corrected chi connectivity index (χ0v) is 18.6. The summed E-state index contributed by atoms with van der Waals surface area (Å²) in [5.74, 6) is 0.897. The summed E-state index contributed by atoms with van der Waals surface area (Å²) >= 11 is 0. The Morgan fingerprint density at radius 3 is 2.74 bits per heavy atom. The van der Waals surface area contributed by atoms with E-state index in [2.05, 4.69) is 59.5 Å². The zero-order valence-electron chi connectivity index (χ0n) is 18.6. The zero-order chi connectivity index (χ0) is 21.7. The summed E-state index contributed by atoms with van der Waals surface area (Å²) in [5.41, 5.74) is 2.74. The first-order valence-corrected chi connectivity index (χ1v) is 11.3. The summed E-state index contributed by atoms with van der Waals surface area (Å²) in [6.07, 6.45) is 9.41. The first kappa shape index (κ1) is 21.6. The van der Waals surface area contributed by atoms with Gasteiger partial charge in [-0.3, -0.25) is 4.90 Å². The Kier molecular flexibility index (Phi) is 6.77. The van der Waals surface area contributed by atoms with Crippen molar-refractivity contribution in [3.05, 3.63) is 77.9 Å². The smallest absolute Gasteiger partial charge is 0.330 e. The molecule has 2 fully saturated rings. The second-order valence-electron chi connectivity index (χ2n) is 8.78. The molecular formula is C27H33NO3. The summed E-state index contributed by atoms with van der Waals surface area (Å²) in [6, 6.07) is 19.7. The average molecular weight is 420 g/mol. The number of benzene rings is 2. The quantitative estimate of drug-likeness (QED) is 0.478. The third-order valence-corrected chi connectivity index (χ3v) is 7.31. The number of ether oxygens (including phenoxy) is 2. The van der Waals surface area contributed by atoms with E-state index in [1.54, 1.807) is 13.2 Å². The molecule has 4 nitrogen and oxygen atoms in total. The van der Waals surface area contributed by atoms with Crippen molar-refractivity contribution >= 4 is 5.97 Å². The van der Waals surface area contributed by atoms with Crippen LogP contribution in [-0.2, 0) is 21.4 Å². The van der Waals surface area contributed by atoms with Gasteiger partial charge in [0.15, 0.2) is 0 Å². The first-order chi connectivity index (χ1) is 15.2. The highest BCUT2D eigenvalue weighted by Gasteiger charge is 2.50. The van der Waals surface area contributed by atoms with Crippen molar-refractivity contribution in [3.8, 4) is 5.75 Å². The number of hydrogen-bond acceptors (Lipinski definition) is 4. The number of rotatable bonds is 7. The number of nitrogens with zero attached hydrogens (tertiary/aromatic N) is 1. The van der Waals surface area contributed by atoms with Crippen LogP contribution in [-0.4, -0.2) is 44.2 Å². The topological polar surface area (TPSA) is 38.8 Å². The Morgan fingerprint density at radius 1 is 1.13 bits per heavy atom. The van der Waals surface area contributed by atoms with E-state index in [0.29, 0.717) is 6.04 Å². The van der Waals surface area contributed by atoms with Gasteiger partial charge in [0.1, 0.15) is 5.75 Å². The largest absolute Gasteiger partial charge is 0.497 e. The van der Waals surface area contributed by atoms with E-state index in [9.17, 15) is 4.79 Å². The van der Waals surface area contributed by atoms with E-state index >= 15 is 0 Å². The molecule has 0 N–H and O–H groups in total. The van der Waals surface area contributed by atoms with Crippen LogP contribution >= 0.6 is 0 Å². The van der Waals surface area contributed by atoms with Crippen LogP contribution in [0.25, 0.3) is 0 Å². The lowest BCUT2D eigenvalue weighted by atomic mass is 9.56. The highest BCUT2D eigenvalue weighted by molar-refractivity contribution is 5.81. The Balaban J connectivity index is 1.64. The lowest BCUT2D eigenvalue weighted by Gasteiger charge is -2.56. The van der Waals surface area contributed by atoms with Gasteiger partial charge in [0.25, 0.3) is 0 Å². The standard InChI is InChI=1S/C27H33NO3/c1-30-23-11-6-10-22(20-23)27-16-7-12-25(24(27)13-14-26(29)31-2)28(19-17-27)18-15-21-8-4-3-5-9-21/h3-6,8-11,13-14,20,24-25H,7,12,15-19H2,1-2H3/b14-13+/t24-,25-,27-/m0/s1. The fourth-order valence-corrected chi connectivity index (χ4v) is 5.72. The fourth-order valence-electron chi connectivity index (χ4n) is 5.72. The molecule has 1 saturated carbocycles. The van der Waals surface area contributed by atoms with Crippen molar-refractivity contribution in [1.29, 1.82) is 0 Å². The van der Waals surface area contributed by atoms with E-state index in [1.807, 2.05) is 6.07 Å². The molecule has 0 amide bonds. The Labute approximate surface area is 185 Å². The Bertz CT molecular complexity index is 910. The molecule has 1 aliphatic carbocycles. The van der Waals surface area contributed by atoms with Crippen molar-refractivity contribution in [2.75, 3.05) is 27.3 Å². The number of esters is 1. The molecule has 0 radical (unpaired) electrons. The lowest BCUT2D eigenvalue weighted by Crippen LogP contribution is -2.58. The van der Waals surface area contributed by atoms with Gasteiger partial charge < -0.3 is 9.47 Å². The van der Waals surface area contributed by atoms with Crippen molar-refractivity contribution < 1.29 is 14.3 Å².